The number of likely N-dealkylation sites (N-methyl/N-ethyl adjacent to an activating group) is 1. The number of rotatable bonds is 5. The summed E-state index contributed by atoms with van der Waals surface area (Å²) in [5.74, 6) is 0.797. The van der Waals surface area contributed by atoms with E-state index in [0.29, 0.717) is 6.54 Å². The van der Waals surface area contributed by atoms with E-state index in [1.807, 2.05) is 56.3 Å². The fourth-order valence-corrected chi connectivity index (χ4v) is 2.85. The van der Waals surface area contributed by atoms with Gasteiger partial charge in [0.1, 0.15) is 11.8 Å². The molecule has 0 aliphatic carbocycles. The second-order valence-corrected chi connectivity index (χ2v) is 5.85. The SMILES string of the molecule is COc1c(C)cc(CN(C)C(=O)C(N)c2ccccc2)cc1C. The lowest BCUT2D eigenvalue weighted by molar-refractivity contribution is -0.131. The Labute approximate surface area is 137 Å². The summed E-state index contributed by atoms with van der Waals surface area (Å²) in [7, 11) is 3.45. The predicted molar refractivity (Wildman–Crippen MR) is 92.3 cm³/mol. The van der Waals surface area contributed by atoms with Crippen molar-refractivity contribution < 1.29 is 9.53 Å². The molecule has 2 aromatic rings. The van der Waals surface area contributed by atoms with Crippen molar-refractivity contribution in [2.75, 3.05) is 14.2 Å². The van der Waals surface area contributed by atoms with Gasteiger partial charge in [0, 0.05) is 13.6 Å². The van der Waals surface area contributed by atoms with Crippen molar-refractivity contribution in [1.82, 2.24) is 4.90 Å². The zero-order chi connectivity index (χ0) is 17.0. The summed E-state index contributed by atoms with van der Waals surface area (Å²) in [6.07, 6.45) is 0. The largest absolute Gasteiger partial charge is 0.496 e. The molecule has 0 heterocycles. The molecule has 4 nitrogen and oxygen atoms in total. The van der Waals surface area contributed by atoms with Crippen molar-refractivity contribution in [3.05, 3.63) is 64.7 Å². The van der Waals surface area contributed by atoms with Crippen LogP contribution >= 0.6 is 0 Å². The van der Waals surface area contributed by atoms with Gasteiger partial charge in [0.15, 0.2) is 0 Å². The molecule has 4 heteroatoms. The maximum absolute atomic E-state index is 12.5. The van der Waals surface area contributed by atoms with Gasteiger partial charge < -0.3 is 15.4 Å². The zero-order valence-electron chi connectivity index (χ0n) is 14.2. The summed E-state index contributed by atoms with van der Waals surface area (Å²) in [6.45, 7) is 4.53. The number of ether oxygens (including phenoxy) is 1. The number of carbonyl (C=O) groups is 1. The molecule has 0 spiro atoms. The number of benzene rings is 2. The van der Waals surface area contributed by atoms with Crippen LogP contribution in [0.4, 0.5) is 0 Å². The molecule has 0 aliphatic heterocycles. The first kappa shape index (κ1) is 17.0. The lowest BCUT2D eigenvalue weighted by Gasteiger charge is -2.22. The van der Waals surface area contributed by atoms with Crippen LogP contribution in [0.1, 0.15) is 28.3 Å². The van der Waals surface area contributed by atoms with Gasteiger partial charge in [-0.05, 0) is 36.1 Å². The Bertz CT molecular complexity index is 660. The third kappa shape index (κ3) is 3.90. The van der Waals surface area contributed by atoms with Gasteiger partial charge >= 0.3 is 0 Å². The van der Waals surface area contributed by atoms with Gasteiger partial charge in [-0.2, -0.15) is 0 Å². The minimum absolute atomic E-state index is 0.0951. The van der Waals surface area contributed by atoms with Crippen LogP contribution in [-0.2, 0) is 11.3 Å². The molecule has 0 aliphatic rings. The molecule has 1 unspecified atom stereocenters. The normalized spacial score (nSPS) is 11.9. The van der Waals surface area contributed by atoms with E-state index in [1.165, 1.54) is 0 Å². The van der Waals surface area contributed by atoms with Crippen LogP contribution in [0.3, 0.4) is 0 Å². The topological polar surface area (TPSA) is 55.6 Å². The Balaban J connectivity index is 2.12. The van der Waals surface area contributed by atoms with Crippen LogP contribution in [0, 0.1) is 13.8 Å². The summed E-state index contributed by atoms with van der Waals surface area (Å²) >= 11 is 0. The van der Waals surface area contributed by atoms with Crippen molar-refractivity contribution in [2.24, 2.45) is 5.73 Å². The van der Waals surface area contributed by atoms with E-state index in [-0.39, 0.29) is 5.91 Å². The van der Waals surface area contributed by atoms with E-state index >= 15 is 0 Å². The number of methoxy groups -OCH3 is 1. The Kier molecular flexibility index (Phi) is 5.40. The minimum atomic E-state index is -0.637. The summed E-state index contributed by atoms with van der Waals surface area (Å²) in [4.78, 5) is 14.2. The second kappa shape index (κ2) is 7.29. The molecule has 2 aromatic carbocycles. The molecule has 122 valence electrons. The van der Waals surface area contributed by atoms with E-state index in [0.717, 1.165) is 28.0 Å². The molecule has 1 atom stereocenters. The highest BCUT2D eigenvalue weighted by atomic mass is 16.5. The van der Waals surface area contributed by atoms with Gasteiger partial charge in [0.05, 0.1) is 7.11 Å². The molecule has 1 amide bonds. The van der Waals surface area contributed by atoms with Crippen molar-refractivity contribution >= 4 is 5.91 Å². The average Bonchev–Trinajstić information content (AvgIpc) is 2.54. The van der Waals surface area contributed by atoms with Crippen LogP contribution in [0.5, 0.6) is 5.75 Å². The molecule has 0 saturated carbocycles. The lowest BCUT2D eigenvalue weighted by Crippen LogP contribution is -2.35. The maximum atomic E-state index is 12.5. The number of hydrogen-bond acceptors (Lipinski definition) is 3. The smallest absolute Gasteiger partial charge is 0.244 e. The Morgan fingerprint density at radius 3 is 2.26 bits per heavy atom. The van der Waals surface area contributed by atoms with Crippen molar-refractivity contribution in [3.63, 3.8) is 0 Å². The number of aryl methyl sites for hydroxylation is 2. The van der Waals surface area contributed by atoms with Gasteiger partial charge in [-0.1, -0.05) is 42.5 Å². The highest BCUT2D eigenvalue weighted by Gasteiger charge is 2.20. The summed E-state index contributed by atoms with van der Waals surface area (Å²) in [6, 6.07) is 12.9. The fraction of sp³-hybridized carbons (Fsp3) is 0.316. The van der Waals surface area contributed by atoms with Crippen molar-refractivity contribution in [1.29, 1.82) is 0 Å². The number of amides is 1. The molecule has 0 fully saturated rings. The number of hydrogen-bond donors (Lipinski definition) is 1. The van der Waals surface area contributed by atoms with Crippen LogP contribution in [0.2, 0.25) is 0 Å². The molecule has 2 N–H and O–H groups in total. The summed E-state index contributed by atoms with van der Waals surface area (Å²) < 4.78 is 5.38. The van der Waals surface area contributed by atoms with E-state index < -0.39 is 6.04 Å². The molecule has 2 rings (SSSR count). The van der Waals surface area contributed by atoms with Crippen LogP contribution in [0.15, 0.2) is 42.5 Å². The van der Waals surface area contributed by atoms with E-state index in [2.05, 4.69) is 0 Å². The number of nitrogens with zero attached hydrogens (tertiary/aromatic N) is 1. The van der Waals surface area contributed by atoms with E-state index in [1.54, 1.807) is 19.1 Å². The molecule has 0 aromatic heterocycles. The first-order chi connectivity index (χ1) is 10.9. The van der Waals surface area contributed by atoms with Gasteiger partial charge in [0.25, 0.3) is 0 Å². The fourth-order valence-electron chi connectivity index (χ4n) is 2.85. The third-order valence-corrected chi connectivity index (χ3v) is 3.94. The lowest BCUT2D eigenvalue weighted by atomic mass is 10.0. The molecule has 23 heavy (non-hydrogen) atoms. The summed E-state index contributed by atoms with van der Waals surface area (Å²) in [5, 5.41) is 0. The van der Waals surface area contributed by atoms with Crippen molar-refractivity contribution in [2.45, 2.75) is 26.4 Å². The first-order valence-corrected chi connectivity index (χ1v) is 7.63. The molecular weight excluding hydrogens is 288 g/mol. The van der Waals surface area contributed by atoms with Gasteiger partial charge in [-0.25, -0.2) is 0 Å². The Morgan fingerprint density at radius 2 is 1.74 bits per heavy atom. The van der Waals surface area contributed by atoms with Crippen LogP contribution in [0.25, 0.3) is 0 Å². The maximum Gasteiger partial charge on any atom is 0.244 e. The predicted octanol–water partition coefficient (Wildman–Crippen LogP) is 2.97. The number of carbonyl (C=O) groups excluding carboxylic acids is 1. The number of nitrogens with two attached hydrogens (primary N) is 1. The molecular formula is C19H24N2O2. The first-order valence-electron chi connectivity index (χ1n) is 7.63. The highest BCUT2D eigenvalue weighted by Crippen LogP contribution is 2.25. The van der Waals surface area contributed by atoms with Crippen LogP contribution in [-0.4, -0.2) is 25.0 Å². The van der Waals surface area contributed by atoms with E-state index in [9.17, 15) is 4.79 Å². The average molecular weight is 312 g/mol. The zero-order valence-corrected chi connectivity index (χ0v) is 14.2. The van der Waals surface area contributed by atoms with Crippen molar-refractivity contribution in [3.8, 4) is 5.75 Å². The quantitative estimate of drug-likeness (QED) is 0.923. The standard InChI is InChI=1S/C19H24N2O2/c1-13-10-15(11-14(2)18(13)23-4)12-21(3)19(22)17(20)16-8-6-5-7-9-16/h5-11,17H,12,20H2,1-4H3. The monoisotopic (exact) mass is 312 g/mol. The van der Waals surface area contributed by atoms with Crippen LogP contribution < -0.4 is 10.5 Å². The van der Waals surface area contributed by atoms with Gasteiger partial charge in [-0.15, -0.1) is 0 Å². The van der Waals surface area contributed by atoms with Gasteiger partial charge in [-0.3, -0.25) is 4.79 Å². The molecule has 0 radical (unpaired) electrons. The van der Waals surface area contributed by atoms with Gasteiger partial charge in [0.2, 0.25) is 5.91 Å². The molecule has 0 bridgehead atoms. The third-order valence-electron chi connectivity index (χ3n) is 3.94. The summed E-state index contributed by atoms with van der Waals surface area (Å²) in [5.41, 5.74) is 10.1. The second-order valence-electron chi connectivity index (χ2n) is 5.85. The highest BCUT2D eigenvalue weighted by molar-refractivity contribution is 5.82. The Morgan fingerprint density at radius 1 is 1.17 bits per heavy atom. The molecule has 0 saturated heterocycles. The van der Waals surface area contributed by atoms with E-state index in [4.69, 9.17) is 10.5 Å². The minimum Gasteiger partial charge on any atom is -0.496 e. The Hall–Kier alpha value is -2.33.